The van der Waals surface area contributed by atoms with Crippen molar-refractivity contribution in [2.75, 3.05) is 18.9 Å². The Morgan fingerprint density at radius 3 is 2.72 bits per heavy atom. The minimum Gasteiger partial charge on any atom is -0.450 e. The molecule has 43 heavy (non-hydrogen) atoms. The van der Waals surface area contributed by atoms with Crippen molar-refractivity contribution in [3.05, 3.63) is 65.1 Å². The molecule has 1 saturated heterocycles. The Balaban J connectivity index is 1.45. The van der Waals surface area contributed by atoms with Crippen molar-refractivity contribution in [3.8, 4) is 11.1 Å². The number of hydrogen-bond acceptors (Lipinski definition) is 12. The predicted molar refractivity (Wildman–Crippen MR) is 158 cm³/mol. The van der Waals surface area contributed by atoms with Crippen molar-refractivity contribution in [3.63, 3.8) is 0 Å². The Bertz CT molecular complexity index is 1760. The number of halogens is 1. The number of rotatable bonds is 12. The van der Waals surface area contributed by atoms with Gasteiger partial charge in [-0.1, -0.05) is 55.4 Å². The summed E-state index contributed by atoms with van der Waals surface area (Å²) >= 11 is 1.80. The maximum absolute atomic E-state index is 15.1. The molecule has 3 heterocycles. The number of fused-ring (bicyclic) bond motifs is 1. The second-order valence-electron chi connectivity index (χ2n) is 9.50. The Labute approximate surface area is 253 Å². The van der Waals surface area contributed by atoms with Crippen LogP contribution in [0.3, 0.4) is 0 Å². The summed E-state index contributed by atoms with van der Waals surface area (Å²) in [6.07, 6.45) is 0.659. The van der Waals surface area contributed by atoms with Gasteiger partial charge in [-0.2, -0.15) is 0 Å². The highest BCUT2D eigenvalue weighted by atomic mass is 32.2. The van der Waals surface area contributed by atoms with E-state index in [2.05, 4.69) is 25.8 Å². The number of carbonyl (C=O) groups is 3. The van der Waals surface area contributed by atoms with Crippen LogP contribution in [0.1, 0.15) is 41.8 Å². The predicted octanol–water partition coefficient (Wildman–Crippen LogP) is 4.41. The molecular weight excluding hydrogens is 622 g/mol. The van der Waals surface area contributed by atoms with Crippen LogP contribution < -0.4 is 10.6 Å². The standard InChI is InChI=1S/C27H26FN5O7S3/c1-2-3-10-39-26(35)29-9-11-43(37,38)22(24-33-32-21(40-24)14-20-23(34)31-27(36)42-20)25-30-18-13-17(28)16(12-19(18)41-25)15-7-5-4-6-8-15/h4-8,12-13,20,22H,2-3,9-11,14H2,1H3,(H,29,35)(H,31,34,36). The third kappa shape index (κ3) is 7.19. The molecule has 12 nitrogen and oxygen atoms in total. The lowest BCUT2D eigenvalue weighted by Crippen LogP contribution is -2.31. The largest absolute Gasteiger partial charge is 0.450 e. The molecule has 5 rings (SSSR count). The Kier molecular flexibility index (Phi) is 9.37. The fourth-order valence-corrected chi connectivity index (χ4v) is 7.99. The van der Waals surface area contributed by atoms with Crippen molar-refractivity contribution in [1.82, 2.24) is 25.8 Å². The summed E-state index contributed by atoms with van der Waals surface area (Å²) in [5, 5.41) is 9.66. The molecule has 2 aromatic carbocycles. The number of thiazole rings is 1. The molecule has 1 fully saturated rings. The first-order valence-corrected chi connectivity index (χ1v) is 16.7. The molecule has 4 aromatic rings. The van der Waals surface area contributed by atoms with E-state index >= 15 is 4.39 Å². The van der Waals surface area contributed by atoms with E-state index in [1.165, 1.54) is 6.07 Å². The van der Waals surface area contributed by atoms with Gasteiger partial charge in [0.2, 0.25) is 17.7 Å². The van der Waals surface area contributed by atoms with Gasteiger partial charge in [0.25, 0.3) is 5.24 Å². The van der Waals surface area contributed by atoms with E-state index in [-0.39, 0.29) is 41.9 Å². The molecule has 0 bridgehead atoms. The van der Waals surface area contributed by atoms with E-state index in [1.54, 1.807) is 30.3 Å². The Hall–Kier alpha value is -3.89. The van der Waals surface area contributed by atoms with Crippen LogP contribution in [0.4, 0.5) is 14.0 Å². The first kappa shape index (κ1) is 30.6. The fraction of sp³-hybridized carbons (Fsp3) is 0.333. The second kappa shape index (κ2) is 13.2. The van der Waals surface area contributed by atoms with Gasteiger partial charge in [-0.25, -0.2) is 22.6 Å². The van der Waals surface area contributed by atoms with Crippen LogP contribution in [0.5, 0.6) is 0 Å². The maximum atomic E-state index is 15.1. The molecule has 0 spiro atoms. The zero-order valence-corrected chi connectivity index (χ0v) is 25.2. The monoisotopic (exact) mass is 647 g/mol. The minimum absolute atomic E-state index is 0.0475. The highest BCUT2D eigenvalue weighted by Crippen LogP contribution is 2.38. The van der Waals surface area contributed by atoms with E-state index in [9.17, 15) is 22.8 Å². The van der Waals surface area contributed by atoms with Crippen molar-refractivity contribution in [2.45, 2.75) is 36.7 Å². The van der Waals surface area contributed by atoms with E-state index in [0.29, 0.717) is 22.2 Å². The van der Waals surface area contributed by atoms with E-state index in [0.717, 1.165) is 29.5 Å². The average Bonchev–Trinajstić information content (AvgIpc) is 3.67. The van der Waals surface area contributed by atoms with Gasteiger partial charge in [0.15, 0.2) is 15.1 Å². The minimum atomic E-state index is -4.15. The van der Waals surface area contributed by atoms with Crippen molar-refractivity contribution in [2.24, 2.45) is 0 Å². The van der Waals surface area contributed by atoms with Crippen LogP contribution in [0, 0.1) is 5.82 Å². The van der Waals surface area contributed by atoms with Crippen molar-refractivity contribution in [1.29, 1.82) is 0 Å². The number of amides is 3. The third-order valence-electron chi connectivity index (χ3n) is 6.38. The van der Waals surface area contributed by atoms with Crippen LogP contribution in [0.15, 0.2) is 46.9 Å². The van der Waals surface area contributed by atoms with Gasteiger partial charge in [0, 0.05) is 24.6 Å². The average molecular weight is 648 g/mol. The fourth-order valence-electron chi connectivity index (χ4n) is 4.24. The Morgan fingerprint density at radius 2 is 2.00 bits per heavy atom. The molecule has 1 aliphatic rings. The molecule has 1 aliphatic heterocycles. The highest BCUT2D eigenvalue weighted by molar-refractivity contribution is 8.15. The lowest BCUT2D eigenvalue weighted by atomic mass is 10.1. The van der Waals surface area contributed by atoms with Gasteiger partial charge in [0.1, 0.15) is 16.1 Å². The van der Waals surface area contributed by atoms with Gasteiger partial charge in [0.05, 0.1) is 22.6 Å². The summed E-state index contributed by atoms with van der Waals surface area (Å²) in [4.78, 5) is 39.9. The number of carbonyl (C=O) groups excluding carboxylic acids is 3. The number of thioether (sulfide) groups is 1. The first-order valence-electron chi connectivity index (χ1n) is 13.3. The van der Waals surface area contributed by atoms with Crippen LogP contribution >= 0.6 is 23.1 Å². The van der Waals surface area contributed by atoms with E-state index < -0.39 is 49.1 Å². The number of alkyl carbamates (subject to hydrolysis) is 1. The van der Waals surface area contributed by atoms with Crippen molar-refractivity contribution < 1.29 is 36.3 Å². The molecule has 2 atom stereocenters. The zero-order valence-electron chi connectivity index (χ0n) is 22.7. The molecule has 2 unspecified atom stereocenters. The number of benzene rings is 2. The number of sulfone groups is 1. The summed E-state index contributed by atoms with van der Waals surface area (Å²) in [7, 11) is -4.15. The molecular formula is C27H26FN5O7S3. The normalized spacial score (nSPS) is 15.9. The number of nitrogens with one attached hydrogen (secondary N) is 2. The molecule has 2 N–H and O–H groups in total. The zero-order chi connectivity index (χ0) is 30.6. The van der Waals surface area contributed by atoms with Gasteiger partial charge in [-0.05, 0) is 18.1 Å². The first-order chi connectivity index (χ1) is 20.6. The third-order valence-corrected chi connectivity index (χ3v) is 10.5. The molecule has 16 heteroatoms. The summed E-state index contributed by atoms with van der Waals surface area (Å²) < 4.78 is 53.8. The van der Waals surface area contributed by atoms with Gasteiger partial charge in [-0.3, -0.25) is 14.9 Å². The molecule has 226 valence electrons. The molecule has 0 radical (unpaired) electrons. The van der Waals surface area contributed by atoms with Crippen LogP contribution in [-0.4, -0.2) is 65.0 Å². The van der Waals surface area contributed by atoms with Crippen LogP contribution in [0.2, 0.25) is 0 Å². The quantitative estimate of drug-likeness (QED) is 0.209. The van der Waals surface area contributed by atoms with Gasteiger partial charge < -0.3 is 14.5 Å². The maximum Gasteiger partial charge on any atom is 0.407 e. The Morgan fingerprint density at radius 1 is 1.21 bits per heavy atom. The lowest BCUT2D eigenvalue weighted by molar-refractivity contribution is -0.119. The SMILES string of the molecule is CCCCOC(=O)NCCS(=O)(=O)C(c1nnc(CC2SC(=O)NC2=O)o1)c1nc2cc(F)c(-c3ccccc3)cc2s1. The number of unbranched alkanes of at least 4 members (excludes halogenated alkanes) is 1. The molecule has 0 saturated carbocycles. The summed E-state index contributed by atoms with van der Waals surface area (Å²) in [5.74, 6) is -1.92. The van der Waals surface area contributed by atoms with Crippen LogP contribution in [0.25, 0.3) is 21.3 Å². The summed E-state index contributed by atoms with van der Waals surface area (Å²) in [6, 6.07) is 11.7. The molecule has 2 aromatic heterocycles. The summed E-state index contributed by atoms with van der Waals surface area (Å²) in [6.45, 7) is 1.89. The lowest BCUT2D eigenvalue weighted by Gasteiger charge is -2.12. The van der Waals surface area contributed by atoms with Gasteiger partial charge >= 0.3 is 6.09 Å². The molecule has 3 amide bonds. The summed E-state index contributed by atoms with van der Waals surface area (Å²) in [5.41, 5.74) is 1.22. The smallest absolute Gasteiger partial charge is 0.407 e. The van der Waals surface area contributed by atoms with E-state index in [4.69, 9.17) is 9.15 Å². The second-order valence-corrected chi connectivity index (χ2v) is 13.9. The topological polar surface area (TPSA) is 170 Å². The van der Waals surface area contributed by atoms with Gasteiger partial charge in [-0.15, -0.1) is 21.5 Å². The number of ether oxygens (including phenoxy) is 1. The number of aromatic nitrogens is 3. The van der Waals surface area contributed by atoms with Crippen molar-refractivity contribution >= 4 is 60.4 Å². The number of hydrogen-bond donors (Lipinski definition) is 2. The number of imide groups is 1. The van der Waals surface area contributed by atoms with Crippen LogP contribution in [-0.2, 0) is 25.8 Å². The number of nitrogens with zero attached hydrogens (tertiary/aromatic N) is 3. The highest BCUT2D eigenvalue weighted by Gasteiger charge is 2.38. The molecule has 0 aliphatic carbocycles. The van der Waals surface area contributed by atoms with E-state index in [1.807, 2.05) is 13.0 Å².